The topological polar surface area (TPSA) is 67.1 Å². The summed E-state index contributed by atoms with van der Waals surface area (Å²) in [7, 11) is 0. The first kappa shape index (κ1) is 17.9. The van der Waals surface area contributed by atoms with Gasteiger partial charge in [-0.05, 0) is 55.9 Å². The zero-order chi connectivity index (χ0) is 18.8. The number of anilines is 1. The number of hydrogen-bond acceptors (Lipinski definition) is 5. The number of pyridine rings is 1. The Balaban J connectivity index is 1.42. The molecular formula is C21H27N5O. The molecule has 0 radical (unpaired) electrons. The van der Waals surface area contributed by atoms with Crippen LogP contribution < -0.4 is 4.90 Å². The number of piperidine rings is 1. The highest BCUT2D eigenvalue weighted by Gasteiger charge is 2.22. The first-order valence-corrected chi connectivity index (χ1v) is 9.75. The van der Waals surface area contributed by atoms with E-state index in [-0.39, 0.29) is 6.61 Å². The normalized spacial score (nSPS) is 15.6. The lowest BCUT2D eigenvalue weighted by molar-refractivity contribution is 0.298. The van der Waals surface area contributed by atoms with Gasteiger partial charge in [-0.1, -0.05) is 17.3 Å². The summed E-state index contributed by atoms with van der Waals surface area (Å²) in [5.74, 6) is 1.73. The van der Waals surface area contributed by atoms with E-state index in [9.17, 15) is 0 Å². The van der Waals surface area contributed by atoms with Gasteiger partial charge in [0.25, 0.3) is 0 Å². The first-order chi connectivity index (χ1) is 13.1. The zero-order valence-corrected chi connectivity index (χ0v) is 16.1. The molecule has 1 aromatic carbocycles. The fourth-order valence-electron chi connectivity index (χ4n) is 3.94. The van der Waals surface area contributed by atoms with Crippen molar-refractivity contribution in [3.63, 3.8) is 0 Å². The lowest BCUT2D eigenvalue weighted by Crippen LogP contribution is -2.36. The minimum absolute atomic E-state index is 0.120. The Kier molecular flexibility index (Phi) is 5.07. The van der Waals surface area contributed by atoms with Crippen LogP contribution in [0.3, 0.4) is 0 Å². The predicted octanol–water partition coefficient (Wildman–Crippen LogP) is 2.89. The number of fused-ring (bicyclic) bond motifs is 1. The summed E-state index contributed by atoms with van der Waals surface area (Å²) in [5, 5.41) is 18.5. The second-order valence-electron chi connectivity index (χ2n) is 7.66. The Labute approximate surface area is 159 Å². The molecule has 0 aliphatic carbocycles. The molecule has 0 amide bonds. The van der Waals surface area contributed by atoms with Crippen LogP contribution in [0.5, 0.6) is 0 Å². The molecule has 6 heteroatoms. The predicted molar refractivity (Wildman–Crippen MR) is 107 cm³/mol. The molecular weight excluding hydrogens is 338 g/mol. The van der Waals surface area contributed by atoms with Gasteiger partial charge in [0.05, 0.1) is 11.2 Å². The molecule has 1 aliphatic rings. The molecule has 1 saturated heterocycles. The number of nitrogens with zero attached hydrogens (tertiary/aromatic N) is 5. The summed E-state index contributed by atoms with van der Waals surface area (Å²) in [6.07, 6.45) is 4.79. The van der Waals surface area contributed by atoms with E-state index in [1.54, 1.807) is 0 Å². The third kappa shape index (κ3) is 3.95. The van der Waals surface area contributed by atoms with E-state index in [4.69, 9.17) is 10.1 Å². The molecule has 27 heavy (non-hydrogen) atoms. The molecule has 142 valence electrons. The third-order valence-corrected chi connectivity index (χ3v) is 5.45. The van der Waals surface area contributed by atoms with Gasteiger partial charge < -0.3 is 10.0 Å². The average Bonchev–Trinajstić information content (AvgIpc) is 3.10. The van der Waals surface area contributed by atoms with E-state index >= 15 is 0 Å². The van der Waals surface area contributed by atoms with Crippen molar-refractivity contribution in [2.45, 2.75) is 39.7 Å². The van der Waals surface area contributed by atoms with Crippen molar-refractivity contribution in [1.29, 1.82) is 0 Å². The molecule has 0 bridgehead atoms. The van der Waals surface area contributed by atoms with Gasteiger partial charge in [0, 0.05) is 44.2 Å². The van der Waals surface area contributed by atoms with Gasteiger partial charge in [0.1, 0.15) is 5.82 Å². The van der Waals surface area contributed by atoms with Gasteiger partial charge in [0.2, 0.25) is 0 Å². The summed E-state index contributed by atoms with van der Waals surface area (Å²) >= 11 is 0. The smallest absolute Gasteiger partial charge is 0.132 e. The van der Waals surface area contributed by atoms with Crippen LogP contribution >= 0.6 is 0 Å². The maximum atomic E-state index is 9.00. The molecule has 2 aromatic heterocycles. The molecule has 1 N–H and O–H groups in total. The summed E-state index contributed by atoms with van der Waals surface area (Å²) in [6, 6.07) is 8.72. The van der Waals surface area contributed by atoms with Gasteiger partial charge in [-0.25, -0.2) is 4.98 Å². The van der Waals surface area contributed by atoms with Crippen LogP contribution in [-0.4, -0.2) is 44.8 Å². The van der Waals surface area contributed by atoms with Crippen LogP contribution in [0.2, 0.25) is 0 Å². The maximum Gasteiger partial charge on any atom is 0.132 e. The Morgan fingerprint density at radius 2 is 1.96 bits per heavy atom. The van der Waals surface area contributed by atoms with E-state index in [0.29, 0.717) is 12.3 Å². The van der Waals surface area contributed by atoms with Crippen molar-refractivity contribution in [2.24, 2.45) is 5.92 Å². The fourth-order valence-corrected chi connectivity index (χ4v) is 3.94. The number of aliphatic hydroxyl groups excluding tert-OH is 1. The highest BCUT2D eigenvalue weighted by molar-refractivity contribution is 5.82. The van der Waals surface area contributed by atoms with Crippen molar-refractivity contribution < 1.29 is 5.11 Å². The summed E-state index contributed by atoms with van der Waals surface area (Å²) in [5.41, 5.74) is 4.43. The Morgan fingerprint density at radius 1 is 1.15 bits per heavy atom. The van der Waals surface area contributed by atoms with Gasteiger partial charge in [-0.3, -0.25) is 4.68 Å². The van der Waals surface area contributed by atoms with E-state index in [1.807, 2.05) is 10.9 Å². The number of benzene rings is 1. The second kappa shape index (κ2) is 7.64. The number of hydrogen-bond donors (Lipinski definition) is 1. The largest absolute Gasteiger partial charge is 0.396 e. The molecule has 4 rings (SSSR count). The van der Waals surface area contributed by atoms with Crippen LogP contribution in [-0.2, 0) is 13.0 Å². The zero-order valence-electron chi connectivity index (χ0n) is 16.1. The molecule has 0 spiro atoms. The molecule has 3 aromatic rings. The average molecular weight is 365 g/mol. The van der Waals surface area contributed by atoms with Crippen molar-refractivity contribution in [3.05, 3.63) is 47.3 Å². The molecule has 1 aliphatic heterocycles. The summed E-state index contributed by atoms with van der Waals surface area (Å²) in [4.78, 5) is 7.39. The van der Waals surface area contributed by atoms with Crippen LogP contribution in [0.4, 0.5) is 5.82 Å². The lowest BCUT2D eigenvalue weighted by atomic mass is 9.96. The SMILES string of the molecule is Cc1ccc2cc(C)c(N3CCC(Cn4cc(CCO)nn4)CC3)nc2c1. The third-order valence-electron chi connectivity index (χ3n) is 5.45. The van der Waals surface area contributed by atoms with Crippen molar-refractivity contribution in [1.82, 2.24) is 20.0 Å². The quantitative estimate of drug-likeness (QED) is 0.753. The van der Waals surface area contributed by atoms with Crippen molar-refractivity contribution in [2.75, 3.05) is 24.6 Å². The van der Waals surface area contributed by atoms with Crippen LogP contribution in [0.1, 0.15) is 29.7 Å². The molecule has 6 nitrogen and oxygen atoms in total. The van der Waals surface area contributed by atoms with Crippen LogP contribution in [0.25, 0.3) is 10.9 Å². The number of aromatic nitrogens is 4. The monoisotopic (exact) mass is 365 g/mol. The highest BCUT2D eigenvalue weighted by atomic mass is 16.3. The van der Waals surface area contributed by atoms with Gasteiger partial charge in [-0.15, -0.1) is 5.10 Å². The van der Waals surface area contributed by atoms with Crippen LogP contribution in [0.15, 0.2) is 30.5 Å². The Morgan fingerprint density at radius 3 is 2.74 bits per heavy atom. The fraction of sp³-hybridized carbons (Fsp3) is 0.476. The van der Waals surface area contributed by atoms with E-state index in [0.717, 1.165) is 49.5 Å². The molecule has 3 heterocycles. The molecule has 0 atom stereocenters. The minimum atomic E-state index is 0.120. The van der Waals surface area contributed by atoms with Gasteiger partial charge in [0.15, 0.2) is 0 Å². The standard InChI is InChI=1S/C21H27N5O/c1-15-3-4-18-12-16(2)21(22-20(18)11-15)25-8-5-17(6-9-25)13-26-14-19(7-10-27)23-24-26/h3-4,11-12,14,17,27H,5-10,13H2,1-2H3. The van der Waals surface area contributed by atoms with Crippen LogP contribution in [0, 0.1) is 19.8 Å². The lowest BCUT2D eigenvalue weighted by Gasteiger charge is -2.33. The molecule has 0 saturated carbocycles. The Bertz CT molecular complexity index is 927. The molecule has 1 fully saturated rings. The first-order valence-electron chi connectivity index (χ1n) is 9.75. The number of aliphatic hydroxyl groups is 1. The summed E-state index contributed by atoms with van der Waals surface area (Å²) in [6.45, 7) is 7.33. The van der Waals surface area contributed by atoms with E-state index < -0.39 is 0 Å². The van der Waals surface area contributed by atoms with E-state index in [1.165, 1.54) is 16.5 Å². The van der Waals surface area contributed by atoms with Gasteiger partial charge >= 0.3 is 0 Å². The molecule has 0 unspecified atom stereocenters. The van der Waals surface area contributed by atoms with Crippen molar-refractivity contribution in [3.8, 4) is 0 Å². The highest BCUT2D eigenvalue weighted by Crippen LogP contribution is 2.28. The summed E-state index contributed by atoms with van der Waals surface area (Å²) < 4.78 is 1.92. The number of aryl methyl sites for hydroxylation is 2. The number of rotatable bonds is 5. The maximum absolute atomic E-state index is 9.00. The van der Waals surface area contributed by atoms with Crippen molar-refractivity contribution >= 4 is 16.7 Å². The minimum Gasteiger partial charge on any atom is -0.396 e. The Hall–Kier alpha value is -2.47. The second-order valence-corrected chi connectivity index (χ2v) is 7.66. The van der Waals surface area contributed by atoms with Gasteiger partial charge in [-0.2, -0.15) is 0 Å². The van der Waals surface area contributed by atoms with E-state index in [2.05, 4.69) is 53.3 Å².